The van der Waals surface area contributed by atoms with Gasteiger partial charge in [0.15, 0.2) is 0 Å². The average Bonchev–Trinajstić information content (AvgIpc) is 1.80. The third kappa shape index (κ3) is 2.54. The Labute approximate surface area is 78.9 Å². The molecule has 0 bridgehead atoms. The summed E-state index contributed by atoms with van der Waals surface area (Å²) in [6, 6.07) is 0. The van der Waals surface area contributed by atoms with Crippen LogP contribution in [0.5, 0.6) is 0 Å². The van der Waals surface area contributed by atoms with Crippen molar-refractivity contribution in [3.05, 3.63) is 0 Å². The van der Waals surface area contributed by atoms with Crippen molar-refractivity contribution in [3.8, 4) is 0 Å². The van der Waals surface area contributed by atoms with Gasteiger partial charge >= 0.3 is 0 Å². The van der Waals surface area contributed by atoms with Crippen LogP contribution >= 0.6 is 0 Å². The minimum atomic E-state index is -0.194. The van der Waals surface area contributed by atoms with Crippen molar-refractivity contribution in [1.29, 1.82) is 0 Å². The first-order chi connectivity index (χ1) is 5.94. The summed E-state index contributed by atoms with van der Waals surface area (Å²) in [6.45, 7) is 5.83. The first kappa shape index (κ1) is 10.2. The van der Waals surface area contributed by atoms with Crippen LogP contribution in [0.4, 0.5) is 0 Å². The Hall–Kier alpha value is -0.860. The summed E-state index contributed by atoms with van der Waals surface area (Å²) >= 11 is 0. The molecule has 1 saturated carbocycles. The van der Waals surface area contributed by atoms with Crippen LogP contribution in [0.2, 0.25) is 0 Å². The van der Waals surface area contributed by atoms with Crippen molar-refractivity contribution < 1.29 is 9.59 Å². The molecule has 0 aromatic rings. The number of amides is 1. The topological polar surface area (TPSA) is 46.2 Å². The highest BCUT2D eigenvalue weighted by Gasteiger charge is 2.37. The van der Waals surface area contributed by atoms with E-state index >= 15 is 0 Å². The van der Waals surface area contributed by atoms with Crippen molar-refractivity contribution in [3.63, 3.8) is 0 Å². The van der Waals surface area contributed by atoms with E-state index in [0.717, 1.165) is 19.1 Å². The lowest BCUT2D eigenvalue weighted by Crippen LogP contribution is -2.48. The fourth-order valence-corrected chi connectivity index (χ4v) is 1.48. The van der Waals surface area contributed by atoms with Gasteiger partial charge in [-0.05, 0) is 33.6 Å². The highest BCUT2D eigenvalue weighted by molar-refractivity contribution is 5.83. The smallest absolute Gasteiger partial charge is 0.224 e. The third-order valence-corrected chi connectivity index (χ3v) is 2.34. The van der Waals surface area contributed by atoms with E-state index in [9.17, 15) is 9.59 Å². The minimum Gasteiger partial charge on any atom is -0.351 e. The standard InChI is InChI=1S/C10H17NO2/c1-10(2,3)11-9(13)8-5-4-7(8)6-12/h6-8H,4-5H2,1-3H3,(H,11,13)/t7-,8+/m0/s1. The molecule has 0 aliphatic heterocycles. The first-order valence-corrected chi connectivity index (χ1v) is 4.71. The molecular weight excluding hydrogens is 166 g/mol. The minimum absolute atomic E-state index is 0.0239. The molecule has 1 aliphatic carbocycles. The number of carbonyl (C=O) groups excluding carboxylic acids is 2. The lowest BCUT2D eigenvalue weighted by atomic mass is 9.74. The Morgan fingerprint density at radius 2 is 2.00 bits per heavy atom. The molecule has 1 N–H and O–H groups in total. The summed E-state index contributed by atoms with van der Waals surface area (Å²) in [4.78, 5) is 22.0. The number of nitrogens with one attached hydrogen (secondary N) is 1. The molecule has 0 saturated heterocycles. The van der Waals surface area contributed by atoms with E-state index in [0.29, 0.717) is 0 Å². The molecule has 3 heteroatoms. The maximum absolute atomic E-state index is 11.5. The zero-order valence-electron chi connectivity index (χ0n) is 8.46. The SMILES string of the molecule is CC(C)(C)NC(=O)[C@@H]1CC[C@H]1C=O. The Morgan fingerprint density at radius 3 is 2.31 bits per heavy atom. The van der Waals surface area contributed by atoms with Crippen molar-refractivity contribution in [2.24, 2.45) is 11.8 Å². The molecule has 0 aromatic carbocycles. The van der Waals surface area contributed by atoms with Gasteiger partial charge in [-0.25, -0.2) is 0 Å². The molecule has 2 atom stereocenters. The van der Waals surface area contributed by atoms with Crippen LogP contribution in [-0.2, 0) is 9.59 Å². The van der Waals surface area contributed by atoms with Gasteiger partial charge < -0.3 is 10.1 Å². The van der Waals surface area contributed by atoms with Crippen molar-refractivity contribution in [2.75, 3.05) is 0 Å². The maximum atomic E-state index is 11.5. The van der Waals surface area contributed by atoms with Gasteiger partial charge in [0.25, 0.3) is 0 Å². The van der Waals surface area contributed by atoms with Crippen LogP contribution in [-0.4, -0.2) is 17.7 Å². The van der Waals surface area contributed by atoms with Crippen LogP contribution < -0.4 is 5.32 Å². The Morgan fingerprint density at radius 1 is 1.38 bits per heavy atom. The molecule has 1 rings (SSSR count). The predicted octanol–water partition coefficient (Wildman–Crippen LogP) is 1.13. The van der Waals surface area contributed by atoms with E-state index in [1.807, 2.05) is 20.8 Å². The summed E-state index contributed by atoms with van der Waals surface area (Å²) in [5.41, 5.74) is -0.194. The molecule has 13 heavy (non-hydrogen) atoms. The molecule has 0 spiro atoms. The summed E-state index contributed by atoms with van der Waals surface area (Å²) in [5, 5.41) is 2.89. The van der Waals surface area contributed by atoms with E-state index in [1.54, 1.807) is 0 Å². The lowest BCUT2D eigenvalue weighted by molar-refractivity contribution is -0.135. The van der Waals surface area contributed by atoms with Crippen molar-refractivity contribution in [1.82, 2.24) is 5.32 Å². The van der Waals surface area contributed by atoms with E-state index in [-0.39, 0.29) is 23.3 Å². The highest BCUT2D eigenvalue weighted by Crippen LogP contribution is 2.32. The normalized spacial score (nSPS) is 27.6. The number of aldehydes is 1. The summed E-state index contributed by atoms with van der Waals surface area (Å²) in [6.07, 6.45) is 2.62. The van der Waals surface area contributed by atoms with Gasteiger partial charge in [0.1, 0.15) is 6.29 Å². The van der Waals surface area contributed by atoms with Crippen LogP contribution in [0, 0.1) is 11.8 Å². The first-order valence-electron chi connectivity index (χ1n) is 4.71. The molecule has 3 nitrogen and oxygen atoms in total. The van der Waals surface area contributed by atoms with E-state index < -0.39 is 0 Å². The fourth-order valence-electron chi connectivity index (χ4n) is 1.48. The second kappa shape index (κ2) is 3.48. The Kier molecular flexibility index (Phi) is 2.74. The molecular formula is C10H17NO2. The van der Waals surface area contributed by atoms with Gasteiger partial charge in [0, 0.05) is 17.4 Å². The lowest BCUT2D eigenvalue weighted by Gasteiger charge is -2.33. The van der Waals surface area contributed by atoms with Crippen LogP contribution in [0.25, 0.3) is 0 Å². The maximum Gasteiger partial charge on any atom is 0.224 e. The predicted molar refractivity (Wildman–Crippen MR) is 50.2 cm³/mol. The number of rotatable bonds is 2. The summed E-state index contributed by atoms with van der Waals surface area (Å²) < 4.78 is 0. The van der Waals surface area contributed by atoms with Crippen LogP contribution in [0.3, 0.4) is 0 Å². The Bertz CT molecular complexity index is 217. The van der Waals surface area contributed by atoms with Gasteiger partial charge in [-0.3, -0.25) is 4.79 Å². The van der Waals surface area contributed by atoms with Crippen molar-refractivity contribution in [2.45, 2.75) is 39.2 Å². The molecule has 1 fully saturated rings. The largest absolute Gasteiger partial charge is 0.351 e. The van der Waals surface area contributed by atoms with Crippen LogP contribution in [0.15, 0.2) is 0 Å². The molecule has 1 amide bonds. The monoisotopic (exact) mass is 183 g/mol. The average molecular weight is 183 g/mol. The fraction of sp³-hybridized carbons (Fsp3) is 0.800. The second-order valence-corrected chi connectivity index (χ2v) is 4.72. The zero-order valence-corrected chi connectivity index (χ0v) is 8.46. The van der Waals surface area contributed by atoms with E-state index in [2.05, 4.69) is 5.32 Å². The molecule has 0 radical (unpaired) electrons. The van der Waals surface area contributed by atoms with Gasteiger partial charge in [0.05, 0.1) is 0 Å². The van der Waals surface area contributed by atoms with Gasteiger partial charge in [0.2, 0.25) is 5.91 Å². The van der Waals surface area contributed by atoms with Gasteiger partial charge in [-0.1, -0.05) is 0 Å². The molecule has 1 aliphatic rings. The summed E-state index contributed by atoms with van der Waals surface area (Å²) in [7, 11) is 0. The van der Waals surface area contributed by atoms with Crippen molar-refractivity contribution >= 4 is 12.2 Å². The van der Waals surface area contributed by atoms with E-state index in [1.165, 1.54) is 0 Å². The Balaban J connectivity index is 2.45. The second-order valence-electron chi connectivity index (χ2n) is 4.72. The van der Waals surface area contributed by atoms with Gasteiger partial charge in [-0.2, -0.15) is 0 Å². The highest BCUT2D eigenvalue weighted by atomic mass is 16.2. The quantitative estimate of drug-likeness (QED) is 0.652. The van der Waals surface area contributed by atoms with Crippen LogP contribution in [0.1, 0.15) is 33.6 Å². The number of hydrogen-bond donors (Lipinski definition) is 1. The van der Waals surface area contributed by atoms with Gasteiger partial charge in [-0.15, -0.1) is 0 Å². The number of carbonyl (C=O) groups is 2. The molecule has 0 heterocycles. The van der Waals surface area contributed by atoms with E-state index in [4.69, 9.17) is 0 Å². The zero-order chi connectivity index (χ0) is 10.1. The molecule has 74 valence electrons. The molecule has 0 aromatic heterocycles. The summed E-state index contributed by atoms with van der Waals surface area (Å²) in [5.74, 6) is -0.0880. The molecule has 0 unspecified atom stereocenters. The third-order valence-electron chi connectivity index (χ3n) is 2.34. The number of hydrogen-bond acceptors (Lipinski definition) is 2.